The average molecular weight is 394 g/mol. The lowest BCUT2D eigenvalue weighted by atomic mass is 10.2. The first-order chi connectivity index (χ1) is 12.3. The van der Waals surface area contributed by atoms with Crippen LogP contribution in [0.2, 0.25) is 0 Å². The molecule has 0 atom stereocenters. The predicted octanol–water partition coefficient (Wildman–Crippen LogP) is 1.92. The standard InChI is InChI=1S/C17H18N2O5S2/c1-12-5-2-3-8-15(12)25-11-17(21)24-10-16(20)19-13-6-4-7-14(9-13)26(18,22)23/h2-9H,10-11H2,1H3,(H,19,20)(H2,18,22,23). The normalized spacial score (nSPS) is 11.0. The monoisotopic (exact) mass is 394 g/mol. The zero-order valence-electron chi connectivity index (χ0n) is 14.0. The number of aryl methyl sites for hydroxylation is 1. The Hall–Kier alpha value is -2.36. The van der Waals surface area contributed by atoms with E-state index in [9.17, 15) is 18.0 Å². The summed E-state index contributed by atoms with van der Waals surface area (Å²) in [5, 5.41) is 7.48. The highest BCUT2D eigenvalue weighted by Crippen LogP contribution is 2.21. The predicted molar refractivity (Wildman–Crippen MR) is 99.3 cm³/mol. The van der Waals surface area contributed by atoms with E-state index in [4.69, 9.17) is 9.88 Å². The van der Waals surface area contributed by atoms with E-state index in [-0.39, 0.29) is 16.3 Å². The summed E-state index contributed by atoms with van der Waals surface area (Å²) in [6, 6.07) is 13.1. The number of amides is 1. The van der Waals surface area contributed by atoms with Crippen molar-refractivity contribution in [1.82, 2.24) is 0 Å². The van der Waals surface area contributed by atoms with Crippen molar-refractivity contribution < 1.29 is 22.7 Å². The number of rotatable bonds is 7. The Bertz CT molecular complexity index is 913. The van der Waals surface area contributed by atoms with Crippen LogP contribution in [0.5, 0.6) is 0 Å². The van der Waals surface area contributed by atoms with Gasteiger partial charge in [-0.1, -0.05) is 24.3 Å². The number of primary sulfonamides is 1. The second kappa shape index (κ2) is 8.84. The van der Waals surface area contributed by atoms with Crippen molar-refractivity contribution in [1.29, 1.82) is 0 Å². The summed E-state index contributed by atoms with van der Waals surface area (Å²) in [5.74, 6) is -1.02. The van der Waals surface area contributed by atoms with Crippen LogP contribution in [0.3, 0.4) is 0 Å². The summed E-state index contributed by atoms with van der Waals surface area (Å²) in [6.07, 6.45) is 0. The Kier molecular flexibility index (Phi) is 6.78. The lowest BCUT2D eigenvalue weighted by Crippen LogP contribution is -2.22. The highest BCUT2D eigenvalue weighted by molar-refractivity contribution is 8.00. The van der Waals surface area contributed by atoms with Crippen molar-refractivity contribution in [2.75, 3.05) is 17.7 Å². The number of hydrogen-bond donors (Lipinski definition) is 2. The van der Waals surface area contributed by atoms with Gasteiger partial charge in [0.1, 0.15) is 0 Å². The van der Waals surface area contributed by atoms with Gasteiger partial charge in [-0.15, -0.1) is 11.8 Å². The lowest BCUT2D eigenvalue weighted by molar-refractivity contribution is -0.144. The van der Waals surface area contributed by atoms with Crippen LogP contribution < -0.4 is 10.5 Å². The molecule has 26 heavy (non-hydrogen) atoms. The second-order valence-electron chi connectivity index (χ2n) is 5.34. The van der Waals surface area contributed by atoms with Gasteiger partial charge < -0.3 is 10.1 Å². The molecular formula is C17H18N2O5S2. The molecule has 0 unspecified atom stereocenters. The van der Waals surface area contributed by atoms with E-state index in [1.165, 1.54) is 36.0 Å². The molecule has 2 rings (SSSR count). The number of sulfonamides is 1. The molecule has 3 N–H and O–H groups in total. The minimum atomic E-state index is -3.86. The van der Waals surface area contributed by atoms with Gasteiger partial charge in [0.25, 0.3) is 5.91 Å². The molecule has 0 saturated heterocycles. The van der Waals surface area contributed by atoms with Gasteiger partial charge in [0.05, 0.1) is 10.6 Å². The fraction of sp³-hybridized carbons (Fsp3) is 0.176. The van der Waals surface area contributed by atoms with Crippen LogP contribution in [-0.2, 0) is 24.3 Å². The summed E-state index contributed by atoms with van der Waals surface area (Å²) >= 11 is 1.33. The van der Waals surface area contributed by atoms with Crippen LogP contribution in [0.25, 0.3) is 0 Å². The summed E-state index contributed by atoms with van der Waals surface area (Å²) in [6.45, 7) is 1.48. The fourth-order valence-electron chi connectivity index (χ4n) is 1.99. The van der Waals surface area contributed by atoms with Gasteiger partial charge in [0.2, 0.25) is 10.0 Å². The van der Waals surface area contributed by atoms with Crippen LogP contribution in [-0.4, -0.2) is 32.7 Å². The minimum absolute atomic E-state index is 0.0824. The maximum absolute atomic E-state index is 11.8. The van der Waals surface area contributed by atoms with E-state index in [1.54, 1.807) is 0 Å². The molecule has 2 aromatic rings. The van der Waals surface area contributed by atoms with Gasteiger partial charge in [-0.2, -0.15) is 0 Å². The third-order valence-corrected chi connectivity index (χ3v) is 5.31. The first kappa shape index (κ1) is 20.0. The number of nitrogens with one attached hydrogen (secondary N) is 1. The van der Waals surface area contributed by atoms with Crippen molar-refractivity contribution in [3.05, 3.63) is 54.1 Å². The molecule has 0 radical (unpaired) electrons. The molecule has 0 aliphatic rings. The van der Waals surface area contributed by atoms with Gasteiger partial charge in [0.15, 0.2) is 6.61 Å². The third kappa shape index (κ3) is 6.17. The smallest absolute Gasteiger partial charge is 0.316 e. The van der Waals surface area contributed by atoms with Crippen LogP contribution in [0.4, 0.5) is 5.69 Å². The third-order valence-electron chi connectivity index (χ3n) is 3.25. The van der Waals surface area contributed by atoms with Gasteiger partial charge >= 0.3 is 5.97 Å². The highest BCUT2D eigenvalue weighted by Gasteiger charge is 2.12. The van der Waals surface area contributed by atoms with E-state index in [0.29, 0.717) is 0 Å². The fourth-order valence-corrected chi connectivity index (χ4v) is 3.38. The Morgan fingerprint density at radius 1 is 1.15 bits per heavy atom. The largest absolute Gasteiger partial charge is 0.455 e. The van der Waals surface area contributed by atoms with Crippen LogP contribution >= 0.6 is 11.8 Å². The number of nitrogens with two attached hydrogens (primary N) is 1. The number of anilines is 1. The molecule has 1 amide bonds. The molecule has 138 valence electrons. The van der Waals surface area contributed by atoms with E-state index in [0.717, 1.165) is 10.5 Å². The van der Waals surface area contributed by atoms with Gasteiger partial charge in [-0.05, 0) is 36.8 Å². The van der Waals surface area contributed by atoms with E-state index in [1.807, 2.05) is 31.2 Å². The minimum Gasteiger partial charge on any atom is -0.455 e. The van der Waals surface area contributed by atoms with Crippen molar-refractivity contribution in [3.63, 3.8) is 0 Å². The van der Waals surface area contributed by atoms with Crippen LogP contribution in [0.1, 0.15) is 5.56 Å². The number of esters is 1. The molecule has 2 aromatic carbocycles. The van der Waals surface area contributed by atoms with Gasteiger partial charge in [0, 0.05) is 10.6 Å². The lowest BCUT2D eigenvalue weighted by Gasteiger charge is -2.08. The second-order valence-corrected chi connectivity index (χ2v) is 7.91. The molecule has 9 heteroatoms. The molecule has 0 spiro atoms. The Morgan fingerprint density at radius 2 is 1.88 bits per heavy atom. The molecule has 0 saturated carbocycles. The molecule has 0 heterocycles. The molecule has 0 aliphatic heterocycles. The molecular weight excluding hydrogens is 376 g/mol. The Morgan fingerprint density at radius 3 is 2.58 bits per heavy atom. The zero-order valence-corrected chi connectivity index (χ0v) is 15.6. The zero-order chi connectivity index (χ0) is 19.2. The first-order valence-electron chi connectivity index (χ1n) is 7.52. The van der Waals surface area contributed by atoms with Crippen molar-refractivity contribution >= 4 is 39.3 Å². The summed E-state index contributed by atoms with van der Waals surface area (Å²) in [5.41, 5.74) is 1.30. The Labute approximate surface area is 156 Å². The average Bonchev–Trinajstić information content (AvgIpc) is 2.59. The summed E-state index contributed by atoms with van der Waals surface area (Å²) in [4.78, 5) is 24.4. The number of hydrogen-bond acceptors (Lipinski definition) is 6. The van der Waals surface area contributed by atoms with Crippen LogP contribution in [0, 0.1) is 6.92 Å². The highest BCUT2D eigenvalue weighted by atomic mass is 32.2. The summed E-state index contributed by atoms with van der Waals surface area (Å²) in [7, 11) is -3.86. The number of benzene rings is 2. The summed E-state index contributed by atoms with van der Waals surface area (Å²) < 4.78 is 27.5. The molecule has 0 aromatic heterocycles. The van der Waals surface area contributed by atoms with Crippen LogP contribution in [0.15, 0.2) is 58.3 Å². The SMILES string of the molecule is Cc1ccccc1SCC(=O)OCC(=O)Nc1cccc(S(N)(=O)=O)c1. The van der Waals surface area contributed by atoms with Crippen molar-refractivity contribution in [3.8, 4) is 0 Å². The number of thioether (sulfide) groups is 1. The topological polar surface area (TPSA) is 116 Å². The molecule has 7 nitrogen and oxygen atoms in total. The maximum atomic E-state index is 11.8. The van der Waals surface area contributed by atoms with E-state index >= 15 is 0 Å². The van der Waals surface area contributed by atoms with Gasteiger partial charge in [-0.3, -0.25) is 9.59 Å². The maximum Gasteiger partial charge on any atom is 0.316 e. The van der Waals surface area contributed by atoms with Crippen molar-refractivity contribution in [2.24, 2.45) is 5.14 Å². The molecule has 0 aliphatic carbocycles. The first-order valence-corrected chi connectivity index (χ1v) is 10.1. The molecule has 0 bridgehead atoms. The Balaban J connectivity index is 1.81. The quantitative estimate of drug-likeness (QED) is 0.547. The number of ether oxygens (including phenoxy) is 1. The van der Waals surface area contributed by atoms with E-state index < -0.39 is 28.5 Å². The number of carbonyl (C=O) groups is 2. The number of carbonyl (C=O) groups excluding carboxylic acids is 2. The van der Waals surface area contributed by atoms with E-state index in [2.05, 4.69) is 5.32 Å². The molecule has 0 fully saturated rings. The van der Waals surface area contributed by atoms with Crippen molar-refractivity contribution in [2.45, 2.75) is 16.7 Å². The van der Waals surface area contributed by atoms with Gasteiger partial charge in [-0.25, -0.2) is 13.6 Å².